The first-order chi connectivity index (χ1) is 9.70. The number of ether oxygens (including phenoxy) is 1. The molecular weight excluding hydrogens is 257 g/mol. The lowest BCUT2D eigenvalue weighted by molar-refractivity contribution is -0.142. The quantitative estimate of drug-likeness (QED) is 0.834. The molecule has 0 aliphatic heterocycles. The van der Waals surface area contributed by atoms with Gasteiger partial charge in [0.15, 0.2) is 0 Å². The molecule has 1 aliphatic rings. The second-order valence-corrected chi connectivity index (χ2v) is 5.44. The molecule has 0 heterocycles. The van der Waals surface area contributed by atoms with Crippen LogP contribution in [0.25, 0.3) is 0 Å². The third kappa shape index (κ3) is 3.95. The highest BCUT2D eigenvalue weighted by Gasteiger charge is 2.25. The van der Waals surface area contributed by atoms with Crippen LogP contribution in [0.1, 0.15) is 38.5 Å². The Labute approximate surface area is 119 Å². The Bertz CT molecular complexity index is 444. The summed E-state index contributed by atoms with van der Waals surface area (Å²) in [6, 6.07) is 5.94. The normalized spacial score (nSPS) is 17.5. The molecule has 1 atom stereocenters. The number of anilines is 1. The molecule has 4 heteroatoms. The molecule has 0 aromatic heterocycles. The fourth-order valence-electron chi connectivity index (χ4n) is 2.88. The molecule has 0 spiro atoms. The summed E-state index contributed by atoms with van der Waals surface area (Å²) in [5, 5.41) is 3.00. The lowest BCUT2D eigenvalue weighted by Gasteiger charge is -2.26. The summed E-state index contributed by atoms with van der Waals surface area (Å²) < 4.78 is 18.5. The molecule has 0 bridgehead atoms. The van der Waals surface area contributed by atoms with Crippen LogP contribution < -0.4 is 5.32 Å². The van der Waals surface area contributed by atoms with Gasteiger partial charge in [-0.2, -0.15) is 0 Å². The minimum atomic E-state index is -0.472. The zero-order chi connectivity index (χ0) is 14.4. The summed E-state index contributed by atoms with van der Waals surface area (Å²) in [5.74, 6) is -0.143. The van der Waals surface area contributed by atoms with E-state index in [0.29, 0.717) is 18.0 Å². The van der Waals surface area contributed by atoms with Crippen molar-refractivity contribution >= 4 is 11.7 Å². The Morgan fingerprint density at radius 3 is 2.70 bits per heavy atom. The largest absolute Gasteiger partial charge is 0.467 e. The van der Waals surface area contributed by atoms with Gasteiger partial charge in [-0.15, -0.1) is 0 Å². The number of nitrogens with one attached hydrogen (secondary N) is 1. The predicted molar refractivity (Wildman–Crippen MR) is 77.0 cm³/mol. The highest BCUT2D eigenvalue weighted by atomic mass is 19.1. The van der Waals surface area contributed by atoms with Gasteiger partial charge in [0.2, 0.25) is 0 Å². The Morgan fingerprint density at radius 1 is 1.35 bits per heavy atom. The van der Waals surface area contributed by atoms with E-state index in [1.165, 1.54) is 32.4 Å². The molecule has 3 nitrogen and oxygen atoms in total. The van der Waals surface area contributed by atoms with Crippen molar-refractivity contribution in [3.05, 3.63) is 30.1 Å². The first kappa shape index (κ1) is 14.8. The van der Waals surface area contributed by atoms with E-state index < -0.39 is 6.04 Å². The van der Waals surface area contributed by atoms with E-state index in [4.69, 9.17) is 4.74 Å². The molecule has 110 valence electrons. The third-order valence-corrected chi connectivity index (χ3v) is 3.98. The highest BCUT2D eigenvalue weighted by Crippen LogP contribution is 2.28. The molecule has 1 aromatic carbocycles. The van der Waals surface area contributed by atoms with Gasteiger partial charge in [-0.3, -0.25) is 0 Å². The zero-order valence-electron chi connectivity index (χ0n) is 11.9. The number of rotatable bonds is 5. The van der Waals surface area contributed by atoms with Crippen LogP contribution in [-0.4, -0.2) is 19.1 Å². The summed E-state index contributed by atoms with van der Waals surface area (Å²) >= 11 is 0. The predicted octanol–water partition coefficient (Wildman–Crippen LogP) is 3.75. The molecule has 1 aliphatic carbocycles. The van der Waals surface area contributed by atoms with Gasteiger partial charge < -0.3 is 10.1 Å². The Hall–Kier alpha value is -1.58. The van der Waals surface area contributed by atoms with Crippen LogP contribution in [0.5, 0.6) is 0 Å². The van der Waals surface area contributed by atoms with Crippen molar-refractivity contribution in [1.82, 2.24) is 0 Å². The Kier molecular flexibility index (Phi) is 5.39. The van der Waals surface area contributed by atoms with Gasteiger partial charge in [-0.25, -0.2) is 9.18 Å². The third-order valence-electron chi connectivity index (χ3n) is 3.98. The van der Waals surface area contributed by atoms with Crippen molar-refractivity contribution in [3.8, 4) is 0 Å². The van der Waals surface area contributed by atoms with Crippen LogP contribution in [0, 0.1) is 11.7 Å². The van der Waals surface area contributed by atoms with Crippen LogP contribution in [0.2, 0.25) is 0 Å². The van der Waals surface area contributed by atoms with Gasteiger partial charge >= 0.3 is 5.97 Å². The van der Waals surface area contributed by atoms with Gasteiger partial charge in [0.1, 0.15) is 11.9 Å². The summed E-state index contributed by atoms with van der Waals surface area (Å²) in [6.07, 6.45) is 6.72. The lowest BCUT2D eigenvalue weighted by atomic mass is 9.85. The van der Waals surface area contributed by atoms with Gasteiger partial charge in [0.25, 0.3) is 0 Å². The SMILES string of the molecule is COC(=O)C(CC1CCCCC1)Nc1ccccc1F. The molecule has 0 amide bonds. The maximum Gasteiger partial charge on any atom is 0.328 e. The molecule has 1 saturated carbocycles. The van der Waals surface area contributed by atoms with Gasteiger partial charge in [-0.05, 0) is 24.5 Å². The fraction of sp³-hybridized carbons (Fsp3) is 0.562. The molecule has 0 saturated heterocycles. The van der Waals surface area contributed by atoms with Crippen LogP contribution in [-0.2, 0) is 9.53 Å². The number of carbonyl (C=O) groups excluding carboxylic acids is 1. The summed E-state index contributed by atoms with van der Waals surface area (Å²) in [4.78, 5) is 11.9. The van der Waals surface area contributed by atoms with E-state index in [-0.39, 0.29) is 11.8 Å². The van der Waals surface area contributed by atoms with Crippen LogP contribution in [0.4, 0.5) is 10.1 Å². The number of hydrogen-bond acceptors (Lipinski definition) is 3. The molecule has 20 heavy (non-hydrogen) atoms. The zero-order valence-corrected chi connectivity index (χ0v) is 11.9. The fourth-order valence-corrected chi connectivity index (χ4v) is 2.88. The standard InChI is InChI=1S/C16H22FNO2/c1-20-16(19)15(11-12-7-3-2-4-8-12)18-14-10-6-5-9-13(14)17/h5-6,9-10,12,15,18H,2-4,7-8,11H2,1H3. The van der Waals surface area contributed by atoms with Crippen molar-refractivity contribution in [2.45, 2.75) is 44.6 Å². The minimum Gasteiger partial charge on any atom is -0.467 e. The number of hydrogen-bond donors (Lipinski definition) is 1. The second kappa shape index (κ2) is 7.27. The van der Waals surface area contributed by atoms with Crippen LogP contribution in [0.3, 0.4) is 0 Å². The molecule has 2 rings (SSSR count). The van der Waals surface area contributed by atoms with Gasteiger partial charge in [0.05, 0.1) is 12.8 Å². The van der Waals surface area contributed by atoms with E-state index in [0.717, 1.165) is 12.8 Å². The smallest absolute Gasteiger partial charge is 0.328 e. The van der Waals surface area contributed by atoms with Crippen molar-refractivity contribution < 1.29 is 13.9 Å². The van der Waals surface area contributed by atoms with Gasteiger partial charge in [-0.1, -0.05) is 44.2 Å². The number of esters is 1. The lowest BCUT2D eigenvalue weighted by Crippen LogP contribution is -2.33. The van der Waals surface area contributed by atoms with Crippen molar-refractivity contribution in [2.24, 2.45) is 5.92 Å². The molecule has 1 fully saturated rings. The molecule has 1 N–H and O–H groups in total. The highest BCUT2D eigenvalue weighted by molar-refractivity contribution is 5.79. The molecule has 1 aromatic rings. The number of benzene rings is 1. The van der Waals surface area contributed by atoms with Crippen LogP contribution >= 0.6 is 0 Å². The van der Waals surface area contributed by atoms with Crippen molar-refractivity contribution in [3.63, 3.8) is 0 Å². The summed E-state index contributed by atoms with van der Waals surface area (Å²) in [7, 11) is 1.37. The van der Waals surface area contributed by atoms with E-state index in [1.807, 2.05) is 0 Å². The van der Waals surface area contributed by atoms with E-state index in [1.54, 1.807) is 18.2 Å². The van der Waals surface area contributed by atoms with Crippen molar-refractivity contribution in [2.75, 3.05) is 12.4 Å². The van der Waals surface area contributed by atoms with Gasteiger partial charge in [0, 0.05) is 0 Å². The maximum absolute atomic E-state index is 13.7. The maximum atomic E-state index is 13.7. The topological polar surface area (TPSA) is 38.3 Å². The summed E-state index contributed by atoms with van der Waals surface area (Å²) in [5.41, 5.74) is 0.360. The summed E-state index contributed by atoms with van der Waals surface area (Å²) in [6.45, 7) is 0. The molecule has 1 unspecified atom stereocenters. The number of carbonyl (C=O) groups is 1. The van der Waals surface area contributed by atoms with E-state index >= 15 is 0 Å². The minimum absolute atomic E-state index is 0.321. The average Bonchev–Trinajstić information content (AvgIpc) is 2.49. The average molecular weight is 279 g/mol. The van der Waals surface area contributed by atoms with E-state index in [2.05, 4.69) is 5.32 Å². The second-order valence-electron chi connectivity index (χ2n) is 5.44. The monoisotopic (exact) mass is 279 g/mol. The first-order valence-electron chi connectivity index (χ1n) is 7.29. The Morgan fingerprint density at radius 2 is 2.05 bits per heavy atom. The Balaban J connectivity index is 2.03. The number of para-hydroxylation sites is 1. The molecule has 0 radical (unpaired) electrons. The van der Waals surface area contributed by atoms with Crippen molar-refractivity contribution in [1.29, 1.82) is 0 Å². The first-order valence-corrected chi connectivity index (χ1v) is 7.29. The number of halogens is 1. The molecular formula is C16H22FNO2. The number of methoxy groups -OCH3 is 1. The van der Waals surface area contributed by atoms with Crippen LogP contribution in [0.15, 0.2) is 24.3 Å². The van der Waals surface area contributed by atoms with E-state index in [9.17, 15) is 9.18 Å².